The number of nitrogens with one attached hydrogen (secondary N) is 1. The molecule has 3 N–H and O–H groups in total. The summed E-state index contributed by atoms with van der Waals surface area (Å²) < 4.78 is 5.36. The minimum atomic E-state index is -0.632. The third-order valence-corrected chi connectivity index (χ3v) is 2.71. The van der Waals surface area contributed by atoms with Crippen LogP contribution in [0.5, 0.6) is 5.88 Å². The standard InChI is InChI=1S/C12H14N6O3/c13-17-11-10(18(19)20)12(16-8-15-11)21-7-1-2-9-3-5-14-6-4-9/h3-6,8H,1-2,7,13H2,(H,15,16,17). The second-order valence-corrected chi connectivity index (χ2v) is 4.08. The number of anilines is 1. The van der Waals surface area contributed by atoms with Crippen LogP contribution in [0.3, 0.4) is 0 Å². The van der Waals surface area contributed by atoms with Crippen LogP contribution in [0.15, 0.2) is 30.9 Å². The van der Waals surface area contributed by atoms with E-state index in [4.69, 9.17) is 10.6 Å². The Bertz CT molecular complexity index is 607. The normalized spacial score (nSPS) is 10.1. The highest BCUT2D eigenvalue weighted by Gasteiger charge is 2.23. The van der Waals surface area contributed by atoms with E-state index in [0.29, 0.717) is 13.0 Å². The van der Waals surface area contributed by atoms with Gasteiger partial charge in [-0.25, -0.2) is 10.8 Å². The maximum Gasteiger partial charge on any atom is 0.374 e. The zero-order chi connectivity index (χ0) is 15.1. The summed E-state index contributed by atoms with van der Waals surface area (Å²) in [5, 5.41) is 11.0. The number of nitro groups is 1. The number of aryl methyl sites for hydroxylation is 1. The highest BCUT2D eigenvalue weighted by atomic mass is 16.6. The fourth-order valence-electron chi connectivity index (χ4n) is 1.73. The van der Waals surface area contributed by atoms with Gasteiger partial charge in [-0.05, 0) is 30.5 Å². The average molecular weight is 290 g/mol. The van der Waals surface area contributed by atoms with Gasteiger partial charge in [0.1, 0.15) is 6.33 Å². The van der Waals surface area contributed by atoms with Crippen LogP contribution in [0.2, 0.25) is 0 Å². The van der Waals surface area contributed by atoms with Crippen molar-refractivity contribution < 1.29 is 9.66 Å². The third-order valence-electron chi connectivity index (χ3n) is 2.71. The van der Waals surface area contributed by atoms with E-state index in [0.717, 1.165) is 18.3 Å². The predicted octanol–water partition coefficient (Wildman–Crippen LogP) is 1.08. The highest BCUT2D eigenvalue weighted by Crippen LogP contribution is 2.29. The minimum absolute atomic E-state index is 0.0841. The lowest BCUT2D eigenvalue weighted by atomic mass is 10.1. The van der Waals surface area contributed by atoms with Crippen molar-refractivity contribution >= 4 is 11.5 Å². The number of nitrogen functional groups attached to an aromatic ring is 1. The van der Waals surface area contributed by atoms with E-state index in [-0.39, 0.29) is 17.4 Å². The Morgan fingerprint density at radius 1 is 1.33 bits per heavy atom. The molecule has 2 heterocycles. The molecule has 21 heavy (non-hydrogen) atoms. The largest absolute Gasteiger partial charge is 0.473 e. The lowest BCUT2D eigenvalue weighted by Crippen LogP contribution is -2.13. The minimum Gasteiger partial charge on any atom is -0.473 e. The smallest absolute Gasteiger partial charge is 0.374 e. The summed E-state index contributed by atoms with van der Waals surface area (Å²) in [5.74, 6) is 5.00. The van der Waals surface area contributed by atoms with Crippen molar-refractivity contribution in [2.75, 3.05) is 12.0 Å². The van der Waals surface area contributed by atoms with Crippen molar-refractivity contribution in [3.05, 3.63) is 46.5 Å². The lowest BCUT2D eigenvalue weighted by molar-refractivity contribution is -0.385. The van der Waals surface area contributed by atoms with Gasteiger partial charge in [0.2, 0.25) is 5.82 Å². The highest BCUT2D eigenvalue weighted by molar-refractivity contribution is 5.60. The summed E-state index contributed by atoms with van der Waals surface area (Å²) in [5.41, 5.74) is 2.90. The maximum atomic E-state index is 11.0. The van der Waals surface area contributed by atoms with Gasteiger partial charge in [0, 0.05) is 12.4 Å². The molecule has 0 amide bonds. The molecule has 0 aliphatic heterocycles. The number of hydrazine groups is 1. The van der Waals surface area contributed by atoms with Gasteiger partial charge in [-0.3, -0.25) is 15.1 Å². The average Bonchev–Trinajstić information content (AvgIpc) is 2.52. The molecule has 0 spiro atoms. The molecule has 0 unspecified atom stereocenters. The van der Waals surface area contributed by atoms with Gasteiger partial charge in [-0.2, -0.15) is 4.98 Å². The number of nitrogens with two attached hydrogens (primary N) is 1. The Morgan fingerprint density at radius 3 is 2.76 bits per heavy atom. The van der Waals surface area contributed by atoms with Gasteiger partial charge < -0.3 is 10.2 Å². The Labute approximate surface area is 120 Å². The van der Waals surface area contributed by atoms with E-state index < -0.39 is 4.92 Å². The molecule has 2 rings (SSSR count). The molecule has 0 bridgehead atoms. The summed E-state index contributed by atoms with van der Waals surface area (Å²) in [7, 11) is 0. The number of rotatable bonds is 7. The molecule has 0 saturated carbocycles. The second-order valence-electron chi connectivity index (χ2n) is 4.08. The molecule has 0 atom stereocenters. The molecule has 0 aliphatic carbocycles. The summed E-state index contributed by atoms with van der Waals surface area (Å²) in [6, 6.07) is 3.81. The van der Waals surface area contributed by atoms with Crippen LogP contribution in [0.4, 0.5) is 11.5 Å². The molecule has 9 nitrogen and oxygen atoms in total. The molecule has 0 aromatic carbocycles. The second kappa shape index (κ2) is 7.10. The van der Waals surface area contributed by atoms with Crippen molar-refractivity contribution in [2.45, 2.75) is 12.8 Å². The van der Waals surface area contributed by atoms with Crippen LogP contribution < -0.4 is 16.0 Å². The number of hydrogen-bond acceptors (Lipinski definition) is 8. The first-order chi connectivity index (χ1) is 10.2. The monoisotopic (exact) mass is 290 g/mol. The number of aromatic nitrogens is 3. The van der Waals surface area contributed by atoms with Gasteiger partial charge in [0.15, 0.2) is 0 Å². The van der Waals surface area contributed by atoms with Crippen LogP contribution in [-0.2, 0) is 6.42 Å². The first-order valence-electron chi connectivity index (χ1n) is 6.20. The molecular formula is C12H14N6O3. The fraction of sp³-hybridized carbons (Fsp3) is 0.250. The van der Waals surface area contributed by atoms with Gasteiger partial charge in [0.05, 0.1) is 11.5 Å². The van der Waals surface area contributed by atoms with Gasteiger partial charge >= 0.3 is 5.69 Å². The van der Waals surface area contributed by atoms with Crippen LogP contribution in [0.25, 0.3) is 0 Å². The Kier molecular flexibility index (Phi) is 4.94. The Morgan fingerprint density at radius 2 is 2.10 bits per heavy atom. The predicted molar refractivity (Wildman–Crippen MR) is 74.5 cm³/mol. The van der Waals surface area contributed by atoms with Crippen LogP contribution in [0, 0.1) is 10.1 Å². The SMILES string of the molecule is NNc1ncnc(OCCCc2ccncc2)c1[N+](=O)[O-]. The molecule has 0 aliphatic rings. The maximum absolute atomic E-state index is 11.0. The molecule has 2 aromatic heterocycles. The first-order valence-corrected chi connectivity index (χ1v) is 6.20. The summed E-state index contributed by atoms with van der Waals surface area (Å²) in [6.45, 7) is 0.296. The number of pyridine rings is 1. The molecule has 0 fully saturated rings. The molecule has 0 saturated heterocycles. The third kappa shape index (κ3) is 3.83. The van der Waals surface area contributed by atoms with Crippen LogP contribution in [-0.4, -0.2) is 26.5 Å². The van der Waals surface area contributed by atoms with Gasteiger partial charge in [-0.1, -0.05) is 0 Å². The van der Waals surface area contributed by atoms with Gasteiger partial charge in [-0.15, -0.1) is 0 Å². The first kappa shape index (κ1) is 14.6. The van der Waals surface area contributed by atoms with Crippen molar-refractivity contribution in [3.8, 4) is 5.88 Å². The van der Waals surface area contributed by atoms with E-state index in [9.17, 15) is 10.1 Å². The van der Waals surface area contributed by atoms with E-state index >= 15 is 0 Å². The van der Waals surface area contributed by atoms with Crippen LogP contribution >= 0.6 is 0 Å². The van der Waals surface area contributed by atoms with Crippen molar-refractivity contribution in [1.82, 2.24) is 15.0 Å². The molecule has 110 valence electrons. The molecule has 9 heteroatoms. The fourth-order valence-corrected chi connectivity index (χ4v) is 1.73. The summed E-state index contributed by atoms with van der Waals surface area (Å²) in [6.07, 6.45) is 6.05. The van der Waals surface area contributed by atoms with E-state index in [1.54, 1.807) is 12.4 Å². The number of hydrogen-bond donors (Lipinski definition) is 2. The molecule has 2 aromatic rings. The quantitative estimate of drug-likeness (QED) is 0.335. The lowest BCUT2D eigenvalue weighted by Gasteiger charge is -2.07. The van der Waals surface area contributed by atoms with Crippen molar-refractivity contribution in [2.24, 2.45) is 5.84 Å². The summed E-state index contributed by atoms with van der Waals surface area (Å²) in [4.78, 5) is 21.7. The van der Waals surface area contributed by atoms with E-state index in [1.165, 1.54) is 0 Å². The molecular weight excluding hydrogens is 276 g/mol. The zero-order valence-corrected chi connectivity index (χ0v) is 11.1. The van der Waals surface area contributed by atoms with Crippen molar-refractivity contribution in [1.29, 1.82) is 0 Å². The Balaban J connectivity index is 1.95. The van der Waals surface area contributed by atoms with E-state index in [1.807, 2.05) is 12.1 Å². The summed E-state index contributed by atoms with van der Waals surface area (Å²) >= 11 is 0. The topological polar surface area (TPSA) is 129 Å². The Hall–Kier alpha value is -2.81. The zero-order valence-electron chi connectivity index (χ0n) is 11.1. The van der Waals surface area contributed by atoms with Gasteiger partial charge in [0.25, 0.3) is 5.88 Å². The van der Waals surface area contributed by atoms with E-state index in [2.05, 4.69) is 20.4 Å². The van der Waals surface area contributed by atoms with Crippen LogP contribution in [0.1, 0.15) is 12.0 Å². The number of ether oxygens (including phenoxy) is 1. The molecule has 0 radical (unpaired) electrons. The van der Waals surface area contributed by atoms with Crippen molar-refractivity contribution in [3.63, 3.8) is 0 Å². The number of nitrogens with zero attached hydrogens (tertiary/aromatic N) is 4.